The van der Waals surface area contributed by atoms with Crippen LogP contribution >= 0.6 is 0 Å². The van der Waals surface area contributed by atoms with Gasteiger partial charge in [-0.2, -0.15) is 5.10 Å². The molecule has 1 aliphatic heterocycles. The van der Waals surface area contributed by atoms with Crippen LogP contribution < -0.4 is 5.56 Å². The van der Waals surface area contributed by atoms with E-state index in [1.165, 1.54) is 18.9 Å². The van der Waals surface area contributed by atoms with E-state index in [-0.39, 0.29) is 22.8 Å². The molecule has 0 radical (unpaired) electrons. The van der Waals surface area contributed by atoms with Gasteiger partial charge in [-0.25, -0.2) is 17.9 Å². The molecular weight excluding hydrogens is 398 g/mol. The highest BCUT2D eigenvalue weighted by Gasteiger charge is 2.36. The molecule has 10 heteroatoms. The molecule has 1 amide bonds. The Labute approximate surface area is 168 Å². The maximum Gasteiger partial charge on any atom is 0.360 e. The third-order valence-corrected chi connectivity index (χ3v) is 6.80. The summed E-state index contributed by atoms with van der Waals surface area (Å²) in [4.78, 5) is 39.1. The summed E-state index contributed by atoms with van der Waals surface area (Å²) in [6, 6.07) is 6.11. The van der Waals surface area contributed by atoms with Crippen LogP contribution in [0.2, 0.25) is 0 Å². The van der Waals surface area contributed by atoms with E-state index in [0.29, 0.717) is 23.7 Å². The minimum atomic E-state index is -3.15. The van der Waals surface area contributed by atoms with Crippen molar-refractivity contribution in [2.45, 2.75) is 32.4 Å². The van der Waals surface area contributed by atoms with E-state index in [1.807, 2.05) is 0 Å². The first-order valence-corrected chi connectivity index (χ1v) is 11.1. The van der Waals surface area contributed by atoms with Crippen LogP contribution in [0.15, 0.2) is 29.1 Å². The van der Waals surface area contributed by atoms with Gasteiger partial charge < -0.3 is 9.64 Å². The predicted octanol–water partition coefficient (Wildman–Crippen LogP) is 0.514. The summed E-state index contributed by atoms with van der Waals surface area (Å²) in [7, 11) is -1.72. The summed E-state index contributed by atoms with van der Waals surface area (Å²) < 4.78 is 29.9. The number of amides is 1. The monoisotopic (exact) mass is 421 g/mol. The molecule has 3 rings (SSSR count). The lowest BCUT2D eigenvalue weighted by atomic mass is 10.1. The van der Waals surface area contributed by atoms with E-state index in [4.69, 9.17) is 4.74 Å². The Hall–Kier alpha value is -2.75. The van der Waals surface area contributed by atoms with Gasteiger partial charge in [-0.15, -0.1) is 0 Å². The van der Waals surface area contributed by atoms with E-state index in [9.17, 15) is 22.8 Å². The summed E-state index contributed by atoms with van der Waals surface area (Å²) in [6.45, 7) is 3.50. The SMILES string of the molecule is CCN(C(=O)[C@@H](C)OC(=O)c1nn(C)c(=O)c2ccccc12)[C@H]1CCS(=O)(=O)C1. The molecule has 0 bridgehead atoms. The normalized spacial score (nSPS) is 19.1. The van der Waals surface area contributed by atoms with Gasteiger partial charge in [-0.3, -0.25) is 9.59 Å². The highest BCUT2D eigenvalue weighted by Crippen LogP contribution is 2.20. The van der Waals surface area contributed by atoms with Gasteiger partial charge in [0.2, 0.25) is 0 Å². The number of likely N-dealkylation sites (N-methyl/N-ethyl adjacent to an activating group) is 1. The maximum absolute atomic E-state index is 12.8. The quantitative estimate of drug-likeness (QED) is 0.646. The zero-order chi connectivity index (χ0) is 21.3. The molecule has 0 aliphatic carbocycles. The van der Waals surface area contributed by atoms with Crippen molar-refractivity contribution < 1.29 is 22.7 Å². The minimum Gasteiger partial charge on any atom is -0.448 e. The maximum atomic E-state index is 12.8. The first-order chi connectivity index (χ1) is 13.6. The number of hydrogen-bond acceptors (Lipinski definition) is 7. The van der Waals surface area contributed by atoms with Crippen molar-refractivity contribution in [2.75, 3.05) is 18.1 Å². The Kier molecular flexibility index (Phi) is 5.74. The number of sulfone groups is 1. The van der Waals surface area contributed by atoms with Crippen molar-refractivity contribution in [2.24, 2.45) is 7.05 Å². The van der Waals surface area contributed by atoms with Gasteiger partial charge in [0, 0.05) is 25.0 Å². The number of carbonyl (C=O) groups excluding carboxylic acids is 2. The smallest absolute Gasteiger partial charge is 0.360 e. The molecule has 2 heterocycles. The highest BCUT2D eigenvalue weighted by molar-refractivity contribution is 7.91. The highest BCUT2D eigenvalue weighted by atomic mass is 32.2. The lowest BCUT2D eigenvalue weighted by Crippen LogP contribution is -2.46. The summed E-state index contributed by atoms with van der Waals surface area (Å²) in [5, 5.41) is 4.66. The zero-order valence-electron chi connectivity index (χ0n) is 16.5. The number of nitrogens with zero attached hydrogens (tertiary/aromatic N) is 3. The number of aryl methyl sites for hydroxylation is 1. The molecule has 2 aromatic rings. The zero-order valence-corrected chi connectivity index (χ0v) is 17.3. The average molecular weight is 421 g/mol. The van der Waals surface area contributed by atoms with Crippen LogP contribution in [-0.4, -0.2) is 65.2 Å². The second-order valence-electron chi connectivity index (χ2n) is 7.05. The molecule has 0 N–H and O–H groups in total. The van der Waals surface area contributed by atoms with Gasteiger partial charge in [-0.05, 0) is 26.3 Å². The Morgan fingerprint density at radius 3 is 2.55 bits per heavy atom. The number of benzene rings is 1. The lowest BCUT2D eigenvalue weighted by molar-refractivity contribution is -0.141. The first-order valence-electron chi connectivity index (χ1n) is 9.32. The molecule has 9 nitrogen and oxygen atoms in total. The number of ether oxygens (including phenoxy) is 1. The molecule has 0 saturated carbocycles. The lowest BCUT2D eigenvalue weighted by Gasteiger charge is -2.29. The van der Waals surface area contributed by atoms with Crippen molar-refractivity contribution in [3.05, 3.63) is 40.3 Å². The minimum absolute atomic E-state index is 0.0452. The van der Waals surface area contributed by atoms with Gasteiger partial charge in [0.05, 0.1) is 16.9 Å². The fourth-order valence-electron chi connectivity index (χ4n) is 3.57. The van der Waals surface area contributed by atoms with Gasteiger partial charge in [0.25, 0.3) is 11.5 Å². The number of fused-ring (bicyclic) bond motifs is 1. The summed E-state index contributed by atoms with van der Waals surface area (Å²) in [5.74, 6) is -1.33. The van der Waals surface area contributed by atoms with E-state index in [2.05, 4.69) is 5.10 Å². The molecule has 1 aromatic carbocycles. The Bertz CT molecular complexity index is 1120. The number of esters is 1. The molecule has 1 saturated heterocycles. The van der Waals surface area contributed by atoms with Gasteiger partial charge >= 0.3 is 5.97 Å². The first kappa shape index (κ1) is 21.0. The molecule has 0 unspecified atom stereocenters. The van der Waals surface area contributed by atoms with E-state index < -0.39 is 33.9 Å². The van der Waals surface area contributed by atoms with Crippen LogP contribution in [0.3, 0.4) is 0 Å². The van der Waals surface area contributed by atoms with E-state index >= 15 is 0 Å². The molecule has 1 aromatic heterocycles. The van der Waals surface area contributed by atoms with Gasteiger partial charge in [0.1, 0.15) is 0 Å². The largest absolute Gasteiger partial charge is 0.448 e. The average Bonchev–Trinajstić information content (AvgIpc) is 3.04. The van der Waals surface area contributed by atoms with Crippen molar-refractivity contribution in [1.82, 2.24) is 14.7 Å². The van der Waals surface area contributed by atoms with Crippen molar-refractivity contribution in [1.29, 1.82) is 0 Å². The van der Waals surface area contributed by atoms with E-state index in [0.717, 1.165) is 4.68 Å². The van der Waals surface area contributed by atoms with Crippen LogP contribution in [0.1, 0.15) is 30.8 Å². The van der Waals surface area contributed by atoms with Gasteiger partial charge in [-0.1, -0.05) is 18.2 Å². The standard InChI is InChI=1S/C19H23N3O6S/c1-4-22(13-9-10-29(26,27)11-13)17(23)12(2)28-19(25)16-14-7-5-6-8-15(14)18(24)21(3)20-16/h5-8,12-13H,4,9-11H2,1-3H3/t12-,13+/m1/s1. The van der Waals surface area contributed by atoms with Crippen molar-refractivity contribution >= 4 is 32.5 Å². The van der Waals surface area contributed by atoms with Crippen LogP contribution in [0.25, 0.3) is 10.8 Å². The summed E-state index contributed by atoms with van der Waals surface area (Å²) in [5.41, 5.74) is -0.408. The van der Waals surface area contributed by atoms with E-state index in [1.54, 1.807) is 31.2 Å². The number of carbonyl (C=O) groups is 2. The van der Waals surface area contributed by atoms with Crippen LogP contribution in [-0.2, 0) is 26.4 Å². The van der Waals surface area contributed by atoms with Crippen LogP contribution in [0.5, 0.6) is 0 Å². The molecule has 2 atom stereocenters. The topological polar surface area (TPSA) is 116 Å². The van der Waals surface area contributed by atoms with Crippen molar-refractivity contribution in [3.63, 3.8) is 0 Å². The van der Waals surface area contributed by atoms with Gasteiger partial charge in [0.15, 0.2) is 21.6 Å². The Morgan fingerprint density at radius 2 is 1.97 bits per heavy atom. The van der Waals surface area contributed by atoms with Crippen molar-refractivity contribution in [3.8, 4) is 0 Å². The third kappa shape index (κ3) is 4.16. The third-order valence-electron chi connectivity index (χ3n) is 5.05. The summed E-state index contributed by atoms with van der Waals surface area (Å²) in [6.07, 6.45) is -0.751. The molecule has 0 spiro atoms. The summed E-state index contributed by atoms with van der Waals surface area (Å²) >= 11 is 0. The van der Waals surface area contributed by atoms with Crippen LogP contribution in [0, 0.1) is 0 Å². The second kappa shape index (κ2) is 7.94. The number of rotatable bonds is 5. The number of hydrogen-bond donors (Lipinski definition) is 0. The Balaban J connectivity index is 1.82. The molecular formula is C19H23N3O6S. The molecule has 29 heavy (non-hydrogen) atoms. The number of aromatic nitrogens is 2. The second-order valence-corrected chi connectivity index (χ2v) is 9.28. The molecule has 1 fully saturated rings. The Morgan fingerprint density at radius 1 is 1.31 bits per heavy atom. The fourth-order valence-corrected chi connectivity index (χ4v) is 5.30. The van der Waals surface area contributed by atoms with Crippen LogP contribution in [0.4, 0.5) is 0 Å². The molecule has 156 valence electrons. The fraction of sp³-hybridized carbons (Fsp3) is 0.474. The predicted molar refractivity (Wildman–Crippen MR) is 106 cm³/mol. The molecule has 1 aliphatic rings.